The molecular formula is C12H15ClN2O3. The van der Waals surface area contributed by atoms with Crippen molar-refractivity contribution < 1.29 is 14.7 Å². The maximum absolute atomic E-state index is 12.2. The second-order valence-electron chi connectivity index (χ2n) is 3.95. The molecule has 1 heterocycles. The zero-order valence-corrected chi connectivity index (χ0v) is 11.0. The van der Waals surface area contributed by atoms with E-state index in [1.165, 1.54) is 23.2 Å². The van der Waals surface area contributed by atoms with Gasteiger partial charge in [0.15, 0.2) is 0 Å². The highest BCUT2D eigenvalue weighted by atomic mass is 35.5. The monoisotopic (exact) mass is 270 g/mol. The van der Waals surface area contributed by atoms with E-state index in [-0.39, 0.29) is 18.5 Å². The molecule has 0 bridgehead atoms. The molecule has 0 aliphatic carbocycles. The molecule has 18 heavy (non-hydrogen) atoms. The van der Waals surface area contributed by atoms with Crippen LogP contribution < -0.4 is 0 Å². The van der Waals surface area contributed by atoms with E-state index in [4.69, 9.17) is 16.7 Å². The molecule has 98 valence electrons. The first-order valence-electron chi connectivity index (χ1n) is 5.60. The number of aromatic nitrogens is 1. The van der Waals surface area contributed by atoms with Gasteiger partial charge >= 0.3 is 5.97 Å². The Morgan fingerprint density at radius 2 is 2.17 bits per heavy atom. The number of carbonyl (C=O) groups is 2. The number of hydrogen-bond donors (Lipinski definition) is 1. The van der Waals surface area contributed by atoms with E-state index in [0.717, 1.165) is 0 Å². The van der Waals surface area contributed by atoms with E-state index >= 15 is 0 Å². The number of carboxylic acids is 1. The Balaban J connectivity index is 2.94. The van der Waals surface area contributed by atoms with Gasteiger partial charge in [-0.15, -0.1) is 0 Å². The lowest BCUT2D eigenvalue weighted by molar-refractivity contribution is -0.138. The zero-order valence-electron chi connectivity index (χ0n) is 10.3. The number of rotatable bonds is 5. The van der Waals surface area contributed by atoms with Crippen molar-refractivity contribution >= 4 is 23.5 Å². The summed E-state index contributed by atoms with van der Waals surface area (Å²) in [7, 11) is 0. The molecule has 6 heteroatoms. The highest BCUT2D eigenvalue weighted by Gasteiger charge is 2.22. The fraction of sp³-hybridized carbons (Fsp3) is 0.417. The summed E-state index contributed by atoms with van der Waals surface area (Å²) in [5.74, 6) is -1.39. The summed E-state index contributed by atoms with van der Waals surface area (Å²) in [5, 5.41) is 9.13. The number of carboxylic acid groups (broad SMARTS) is 1. The van der Waals surface area contributed by atoms with Crippen LogP contribution in [0.1, 0.15) is 30.6 Å². The minimum atomic E-state index is -1.04. The van der Waals surface area contributed by atoms with Gasteiger partial charge < -0.3 is 10.0 Å². The molecule has 5 nitrogen and oxygen atoms in total. The number of nitrogens with zero attached hydrogens (tertiary/aromatic N) is 2. The molecule has 0 spiro atoms. The predicted octanol–water partition coefficient (Wildman–Crippen LogP) is 2.06. The van der Waals surface area contributed by atoms with E-state index in [9.17, 15) is 9.59 Å². The third kappa shape index (κ3) is 3.70. The van der Waals surface area contributed by atoms with Crippen LogP contribution >= 0.6 is 11.6 Å². The number of hydrogen-bond acceptors (Lipinski definition) is 3. The molecular weight excluding hydrogens is 256 g/mol. The predicted molar refractivity (Wildman–Crippen MR) is 67.7 cm³/mol. The number of pyridine rings is 1. The maximum atomic E-state index is 12.2. The van der Waals surface area contributed by atoms with Gasteiger partial charge in [-0.3, -0.25) is 9.59 Å². The van der Waals surface area contributed by atoms with Gasteiger partial charge in [0, 0.05) is 12.2 Å². The third-order valence-electron chi connectivity index (χ3n) is 2.66. The summed E-state index contributed by atoms with van der Waals surface area (Å²) in [6.07, 6.45) is 2.03. The van der Waals surface area contributed by atoms with Crippen molar-refractivity contribution in [2.75, 3.05) is 6.54 Å². The van der Waals surface area contributed by atoms with Crippen molar-refractivity contribution in [1.29, 1.82) is 0 Å². The van der Waals surface area contributed by atoms with E-state index in [0.29, 0.717) is 17.1 Å². The smallest absolute Gasteiger partial charge is 0.323 e. The normalized spacial score (nSPS) is 11.9. The van der Waals surface area contributed by atoms with Gasteiger partial charge in [-0.2, -0.15) is 0 Å². The molecule has 0 aliphatic heterocycles. The number of halogens is 1. The lowest BCUT2D eigenvalue weighted by atomic mass is 10.1. The summed E-state index contributed by atoms with van der Waals surface area (Å²) in [4.78, 5) is 28.1. The summed E-state index contributed by atoms with van der Waals surface area (Å²) < 4.78 is 0. The number of amides is 1. The lowest BCUT2D eigenvalue weighted by Gasteiger charge is -2.26. The van der Waals surface area contributed by atoms with Gasteiger partial charge in [0.1, 0.15) is 11.7 Å². The van der Waals surface area contributed by atoms with Gasteiger partial charge in [0.2, 0.25) is 0 Å². The first-order valence-corrected chi connectivity index (χ1v) is 5.97. The van der Waals surface area contributed by atoms with Crippen LogP contribution in [0, 0.1) is 0 Å². The number of carbonyl (C=O) groups excluding carboxylic acids is 1. The van der Waals surface area contributed by atoms with Gasteiger partial charge in [-0.05, 0) is 25.5 Å². The van der Waals surface area contributed by atoms with Gasteiger partial charge in [-0.1, -0.05) is 18.5 Å². The second kappa shape index (κ2) is 6.35. The SMILES string of the molecule is CCC(C)N(CC(=O)O)C(=O)c1ccc(Cl)nc1. The van der Waals surface area contributed by atoms with Gasteiger partial charge in [-0.25, -0.2) is 4.98 Å². The number of aliphatic carboxylic acids is 1. The quantitative estimate of drug-likeness (QED) is 0.832. The molecule has 1 atom stereocenters. The maximum Gasteiger partial charge on any atom is 0.323 e. The minimum Gasteiger partial charge on any atom is -0.480 e. The summed E-state index contributed by atoms with van der Waals surface area (Å²) in [6.45, 7) is 3.38. The van der Waals surface area contributed by atoms with Crippen molar-refractivity contribution in [2.24, 2.45) is 0 Å². The topological polar surface area (TPSA) is 70.5 Å². The van der Waals surface area contributed by atoms with E-state index in [1.54, 1.807) is 0 Å². The lowest BCUT2D eigenvalue weighted by Crippen LogP contribution is -2.41. The van der Waals surface area contributed by atoms with Crippen LogP contribution in [0.3, 0.4) is 0 Å². The molecule has 1 rings (SSSR count). The van der Waals surface area contributed by atoms with Crippen molar-refractivity contribution in [3.8, 4) is 0 Å². The average Bonchev–Trinajstić information content (AvgIpc) is 2.35. The van der Waals surface area contributed by atoms with Crippen LogP contribution in [0.4, 0.5) is 0 Å². The molecule has 0 radical (unpaired) electrons. The third-order valence-corrected chi connectivity index (χ3v) is 2.89. The zero-order chi connectivity index (χ0) is 13.7. The Kier molecular flexibility index (Phi) is 5.09. The molecule has 0 saturated carbocycles. The molecule has 1 aromatic rings. The molecule has 0 fully saturated rings. The van der Waals surface area contributed by atoms with Crippen LogP contribution in [0.15, 0.2) is 18.3 Å². The molecule has 1 amide bonds. The highest BCUT2D eigenvalue weighted by Crippen LogP contribution is 2.12. The summed E-state index contributed by atoms with van der Waals surface area (Å²) in [6, 6.07) is 2.89. The Morgan fingerprint density at radius 3 is 2.61 bits per heavy atom. The van der Waals surface area contributed by atoms with E-state index in [1.807, 2.05) is 13.8 Å². The largest absolute Gasteiger partial charge is 0.480 e. The average molecular weight is 271 g/mol. The van der Waals surface area contributed by atoms with Gasteiger partial charge in [0.05, 0.1) is 5.56 Å². The Hall–Kier alpha value is -1.62. The van der Waals surface area contributed by atoms with Crippen molar-refractivity contribution in [2.45, 2.75) is 26.3 Å². The van der Waals surface area contributed by atoms with Crippen LogP contribution in [-0.4, -0.2) is 39.5 Å². The van der Waals surface area contributed by atoms with Crippen molar-refractivity contribution in [3.63, 3.8) is 0 Å². The van der Waals surface area contributed by atoms with Gasteiger partial charge in [0.25, 0.3) is 5.91 Å². The molecule has 1 unspecified atom stereocenters. The highest BCUT2D eigenvalue weighted by molar-refractivity contribution is 6.29. The first kappa shape index (κ1) is 14.4. The first-order chi connectivity index (χ1) is 8.45. The fourth-order valence-electron chi connectivity index (χ4n) is 1.46. The van der Waals surface area contributed by atoms with Crippen LogP contribution in [0.25, 0.3) is 0 Å². The molecule has 0 aliphatic rings. The van der Waals surface area contributed by atoms with Crippen LogP contribution in [0.5, 0.6) is 0 Å². The van der Waals surface area contributed by atoms with Crippen LogP contribution in [0.2, 0.25) is 5.15 Å². The van der Waals surface area contributed by atoms with E-state index < -0.39 is 5.97 Å². The summed E-state index contributed by atoms with van der Waals surface area (Å²) >= 11 is 5.64. The molecule has 0 aromatic carbocycles. The Bertz CT molecular complexity index is 433. The van der Waals surface area contributed by atoms with Crippen molar-refractivity contribution in [3.05, 3.63) is 29.0 Å². The Morgan fingerprint density at radius 1 is 1.50 bits per heavy atom. The second-order valence-corrected chi connectivity index (χ2v) is 4.34. The standard InChI is InChI=1S/C12H15ClN2O3/c1-3-8(2)15(7-11(16)17)12(18)9-4-5-10(13)14-6-9/h4-6,8H,3,7H2,1-2H3,(H,16,17). The molecule has 1 N–H and O–H groups in total. The van der Waals surface area contributed by atoms with Crippen molar-refractivity contribution in [1.82, 2.24) is 9.88 Å². The summed E-state index contributed by atoms with van der Waals surface area (Å²) in [5.41, 5.74) is 0.334. The van der Waals surface area contributed by atoms with Crippen LogP contribution in [-0.2, 0) is 4.79 Å². The Labute approximate surface area is 110 Å². The molecule has 1 aromatic heterocycles. The van der Waals surface area contributed by atoms with E-state index in [2.05, 4.69) is 4.98 Å². The molecule has 0 saturated heterocycles. The minimum absolute atomic E-state index is 0.149. The fourth-order valence-corrected chi connectivity index (χ4v) is 1.57.